The fourth-order valence-corrected chi connectivity index (χ4v) is 9.52. The molecule has 0 bridgehead atoms. The molecule has 1 aliphatic rings. The predicted molar refractivity (Wildman–Crippen MR) is 209 cm³/mol. The summed E-state index contributed by atoms with van der Waals surface area (Å²) < 4.78 is 7.13. The number of fused-ring (bicyclic) bond motifs is 11. The van der Waals surface area contributed by atoms with E-state index in [0.29, 0.717) is 0 Å². The van der Waals surface area contributed by atoms with Crippen LogP contribution < -0.4 is 0 Å². The smallest absolute Gasteiger partial charge is 0.161 e. The number of nitrogens with zero attached hydrogens (tertiary/aromatic N) is 4. The molecule has 0 aliphatic heterocycles. The Morgan fingerprint density at radius 3 is 2.18 bits per heavy atom. The number of hydrogen-bond donors (Lipinski definition) is 0. The molecule has 4 aromatic heterocycles. The second-order valence-corrected chi connectivity index (χ2v) is 14.9. The first kappa shape index (κ1) is 27.9. The van der Waals surface area contributed by atoms with Gasteiger partial charge in [-0.05, 0) is 76.9 Å². The van der Waals surface area contributed by atoms with Gasteiger partial charge in [-0.2, -0.15) is 5.10 Å². The van der Waals surface area contributed by atoms with Crippen LogP contribution in [0.25, 0.3) is 87.1 Å². The number of aromatic nitrogens is 4. The van der Waals surface area contributed by atoms with Crippen LogP contribution in [0, 0.1) is 0 Å². The first-order valence-corrected chi connectivity index (χ1v) is 17.9. The zero-order valence-electron chi connectivity index (χ0n) is 27.6. The molecule has 10 aromatic rings. The van der Waals surface area contributed by atoms with E-state index >= 15 is 0 Å². The van der Waals surface area contributed by atoms with Crippen molar-refractivity contribution in [2.24, 2.45) is 0 Å². The largest absolute Gasteiger partial charge is 0.308 e. The summed E-state index contributed by atoms with van der Waals surface area (Å²) in [6, 6.07) is 52.4. The molecule has 6 aromatic carbocycles. The van der Waals surface area contributed by atoms with E-state index in [1.807, 2.05) is 21.9 Å². The fourth-order valence-electron chi connectivity index (χ4n) is 8.31. The maximum Gasteiger partial charge on any atom is 0.161 e. The second-order valence-electron chi connectivity index (χ2n) is 13.9. The Morgan fingerprint density at radius 1 is 0.580 bits per heavy atom. The molecular weight excluding hydrogens is 629 g/mol. The molecule has 4 heterocycles. The van der Waals surface area contributed by atoms with Crippen molar-refractivity contribution in [1.29, 1.82) is 0 Å². The Morgan fingerprint density at radius 2 is 1.32 bits per heavy atom. The quantitative estimate of drug-likeness (QED) is 0.189. The Balaban J connectivity index is 1.14. The predicted octanol–water partition coefficient (Wildman–Crippen LogP) is 11.8. The van der Waals surface area contributed by atoms with Crippen molar-refractivity contribution in [3.63, 3.8) is 0 Å². The van der Waals surface area contributed by atoms with Crippen LogP contribution in [-0.2, 0) is 5.41 Å². The summed E-state index contributed by atoms with van der Waals surface area (Å²) in [5.41, 5.74) is 14.1. The van der Waals surface area contributed by atoms with E-state index in [2.05, 4.69) is 158 Å². The standard InChI is InChI=1S/C45H30N4S/c1-45(2)35-17-9-6-14-30(35)33-25-39-34(24-36(33)45)43-42(32-16-8-11-19-41(32)50-43)48(39)29-22-20-28(21-23-29)44-46-37-18-10-7-15-31(37)40-26-38(47-49(40)44)27-12-4-3-5-13-27/h3-26H,1-2H3. The molecule has 0 saturated carbocycles. The second kappa shape index (κ2) is 10.0. The molecule has 5 heteroatoms. The van der Waals surface area contributed by atoms with Crippen LogP contribution in [0.5, 0.6) is 0 Å². The van der Waals surface area contributed by atoms with Crippen molar-refractivity contribution in [3.05, 3.63) is 157 Å². The summed E-state index contributed by atoms with van der Waals surface area (Å²) in [4.78, 5) is 5.18. The molecule has 0 amide bonds. The fraction of sp³-hybridized carbons (Fsp3) is 0.0667. The van der Waals surface area contributed by atoms with Crippen molar-refractivity contribution in [1.82, 2.24) is 19.2 Å². The van der Waals surface area contributed by atoms with E-state index in [1.54, 1.807) is 0 Å². The first-order chi connectivity index (χ1) is 24.5. The highest BCUT2D eigenvalue weighted by atomic mass is 32.1. The van der Waals surface area contributed by atoms with Crippen LogP contribution in [-0.4, -0.2) is 19.2 Å². The minimum absolute atomic E-state index is 0.0576. The van der Waals surface area contributed by atoms with Crippen molar-refractivity contribution in [2.45, 2.75) is 19.3 Å². The molecule has 0 fully saturated rings. The van der Waals surface area contributed by atoms with E-state index in [0.717, 1.165) is 44.8 Å². The summed E-state index contributed by atoms with van der Waals surface area (Å²) in [7, 11) is 0. The highest BCUT2D eigenvalue weighted by molar-refractivity contribution is 7.26. The minimum atomic E-state index is -0.0576. The molecule has 4 nitrogen and oxygen atoms in total. The van der Waals surface area contributed by atoms with Crippen molar-refractivity contribution < 1.29 is 0 Å². The molecule has 0 atom stereocenters. The first-order valence-electron chi connectivity index (χ1n) is 17.1. The Kier molecular flexibility index (Phi) is 5.57. The summed E-state index contributed by atoms with van der Waals surface area (Å²) in [6.45, 7) is 4.73. The van der Waals surface area contributed by atoms with Gasteiger partial charge in [0.2, 0.25) is 0 Å². The lowest BCUT2D eigenvalue weighted by atomic mass is 9.82. The van der Waals surface area contributed by atoms with E-state index < -0.39 is 0 Å². The zero-order valence-corrected chi connectivity index (χ0v) is 28.4. The summed E-state index contributed by atoms with van der Waals surface area (Å²) >= 11 is 1.90. The normalized spacial score (nSPS) is 13.6. The lowest BCUT2D eigenvalue weighted by Gasteiger charge is -2.21. The summed E-state index contributed by atoms with van der Waals surface area (Å²) in [6.07, 6.45) is 0. The van der Waals surface area contributed by atoms with E-state index in [-0.39, 0.29) is 5.41 Å². The summed E-state index contributed by atoms with van der Waals surface area (Å²) in [5.74, 6) is 0.826. The third kappa shape index (κ3) is 3.75. The van der Waals surface area contributed by atoms with Gasteiger partial charge in [-0.1, -0.05) is 105 Å². The van der Waals surface area contributed by atoms with Crippen LogP contribution in [0.1, 0.15) is 25.0 Å². The lowest BCUT2D eigenvalue weighted by Crippen LogP contribution is -2.14. The number of thiophene rings is 1. The van der Waals surface area contributed by atoms with Gasteiger partial charge in [0.25, 0.3) is 0 Å². The van der Waals surface area contributed by atoms with Crippen molar-refractivity contribution >= 4 is 59.0 Å². The van der Waals surface area contributed by atoms with Gasteiger partial charge < -0.3 is 4.57 Å². The van der Waals surface area contributed by atoms with Gasteiger partial charge in [0.05, 0.1) is 32.5 Å². The minimum Gasteiger partial charge on any atom is -0.308 e. The third-order valence-corrected chi connectivity index (χ3v) is 11.9. The van der Waals surface area contributed by atoms with Crippen LogP contribution in [0.4, 0.5) is 0 Å². The summed E-state index contributed by atoms with van der Waals surface area (Å²) in [5, 5.41) is 8.79. The maximum atomic E-state index is 5.18. The Bertz CT molecular complexity index is 3000. The molecule has 0 N–H and O–H groups in total. The molecule has 11 rings (SSSR count). The lowest BCUT2D eigenvalue weighted by molar-refractivity contribution is 0.661. The van der Waals surface area contributed by atoms with Crippen molar-refractivity contribution in [3.8, 4) is 39.5 Å². The monoisotopic (exact) mass is 658 g/mol. The average molecular weight is 659 g/mol. The molecule has 1 aliphatic carbocycles. The molecule has 0 saturated heterocycles. The molecular formula is C45H30N4S. The van der Waals surface area contributed by atoms with Gasteiger partial charge in [-0.3, -0.25) is 0 Å². The van der Waals surface area contributed by atoms with Gasteiger partial charge in [0.1, 0.15) is 0 Å². The van der Waals surface area contributed by atoms with E-state index in [4.69, 9.17) is 10.1 Å². The highest BCUT2D eigenvalue weighted by Gasteiger charge is 2.36. The number of para-hydroxylation sites is 1. The molecule has 0 radical (unpaired) electrons. The van der Waals surface area contributed by atoms with Crippen molar-refractivity contribution in [2.75, 3.05) is 0 Å². The average Bonchev–Trinajstić information content (AvgIpc) is 3.90. The molecule has 0 spiro atoms. The number of hydrogen-bond acceptors (Lipinski definition) is 3. The van der Waals surface area contributed by atoms with Gasteiger partial charge in [-0.15, -0.1) is 11.3 Å². The highest BCUT2D eigenvalue weighted by Crippen LogP contribution is 2.52. The van der Waals surface area contributed by atoms with E-state index in [1.165, 1.54) is 53.5 Å². The van der Waals surface area contributed by atoms with Crippen LogP contribution in [0.3, 0.4) is 0 Å². The molecule has 50 heavy (non-hydrogen) atoms. The SMILES string of the molecule is CC1(C)c2ccccc2-c2cc3c(cc21)c1sc2ccccc2c1n3-c1ccc(-c2nc3ccccc3c3cc(-c4ccccc4)nn23)cc1. The number of benzene rings is 6. The van der Waals surface area contributed by atoms with Crippen LogP contribution in [0.15, 0.2) is 146 Å². The van der Waals surface area contributed by atoms with Gasteiger partial charge in [0, 0.05) is 43.1 Å². The van der Waals surface area contributed by atoms with E-state index in [9.17, 15) is 0 Å². The molecule has 236 valence electrons. The van der Waals surface area contributed by atoms with Gasteiger partial charge in [0.15, 0.2) is 5.82 Å². The van der Waals surface area contributed by atoms with Crippen LogP contribution in [0.2, 0.25) is 0 Å². The zero-order chi connectivity index (χ0) is 33.1. The Hall–Kier alpha value is -6.04. The van der Waals surface area contributed by atoms with Crippen LogP contribution >= 0.6 is 11.3 Å². The maximum absolute atomic E-state index is 5.18. The van der Waals surface area contributed by atoms with Gasteiger partial charge in [-0.25, -0.2) is 9.50 Å². The van der Waals surface area contributed by atoms with Gasteiger partial charge >= 0.3 is 0 Å². The number of rotatable bonds is 3. The third-order valence-electron chi connectivity index (χ3n) is 10.7. The molecule has 0 unspecified atom stereocenters. The topological polar surface area (TPSA) is 35.1 Å². The Labute approximate surface area is 292 Å².